The molecule has 2 fully saturated rings. The van der Waals surface area contributed by atoms with Crippen LogP contribution in [-0.2, 0) is 0 Å². The van der Waals surface area contributed by atoms with Gasteiger partial charge in [0.25, 0.3) is 0 Å². The van der Waals surface area contributed by atoms with Gasteiger partial charge in [-0.2, -0.15) is 0 Å². The SMILES string of the molecule is Cc1cccc(C2CC(NCC3(O)CCC3)C2)c1. The number of hydrogen-bond donors (Lipinski definition) is 2. The Balaban J connectivity index is 1.45. The standard InChI is InChI=1S/C16H23NO/c1-12-4-2-5-13(8-12)14-9-15(10-14)17-11-16(18)6-3-7-16/h2,4-5,8,14-15,17-18H,3,6-7,9-11H2,1H3. The molecule has 2 saturated carbocycles. The lowest BCUT2D eigenvalue weighted by atomic mass is 9.74. The Labute approximate surface area is 109 Å². The smallest absolute Gasteiger partial charge is 0.0771 e. The largest absolute Gasteiger partial charge is 0.389 e. The number of aryl methyl sites for hydroxylation is 1. The third kappa shape index (κ3) is 2.45. The first-order valence-electron chi connectivity index (χ1n) is 7.17. The Hall–Kier alpha value is -0.860. The number of benzene rings is 1. The molecular formula is C16H23NO. The molecule has 2 heteroatoms. The van der Waals surface area contributed by atoms with E-state index in [-0.39, 0.29) is 5.60 Å². The summed E-state index contributed by atoms with van der Waals surface area (Å²) in [7, 11) is 0. The van der Waals surface area contributed by atoms with Gasteiger partial charge in [-0.05, 0) is 50.5 Å². The molecule has 1 aromatic carbocycles. The van der Waals surface area contributed by atoms with Crippen molar-refractivity contribution in [2.45, 2.75) is 56.6 Å². The second kappa shape index (κ2) is 4.67. The van der Waals surface area contributed by atoms with E-state index in [2.05, 4.69) is 36.5 Å². The summed E-state index contributed by atoms with van der Waals surface area (Å²) in [4.78, 5) is 0. The second-order valence-corrected chi connectivity index (χ2v) is 6.24. The molecule has 0 unspecified atom stereocenters. The first kappa shape index (κ1) is 12.2. The van der Waals surface area contributed by atoms with E-state index >= 15 is 0 Å². The van der Waals surface area contributed by atoms with Gasteiger partial charge in [-0.1, -0.05) is 29.8 Å². The van der Waals surface area contributed by atoms with Crippen LogP contribution < -0.4 is 5.32 Å². The van der Waals surface area contributed by atoms with Crippen LogP contribution in [0.25, 0.3) is 0 Å². The van der Waals surface area contributed by atoms with Gasteiger partial charge in [0.2, 0.25) is 0 Å². The summed E-state index contributed by atoms with van der Waals surface area (Å²) in [6, 6.07) is 9.47. The van der Waals surface area contributed by atoms with Gasteiger partial charge in [-0.3, -0.25) is 0 Å². The maximum atomic E-state index is 10.0. The molecule has 0 aromatic heterocycles. The molecule has 2 nitrogen and oxygen atoms in total. The molecule has 0 radical (unpaired) electrons. The van der Waals surface area contributed by atoms with Gasteiger partial charge in [0, 0.05) is 12.6 Å². The number of nitrogens with one attached hydrogen (secondary N) is 1. The number of rotatable bonds is 4. The van der Waals surface area contributed by atoms with Gasteiger partial charge < -0.3 is 10.4 Å². The molecule has 0 saturated heterocycles. The third-order valence-electron chi connectivity index (χ3n) is 4.66. The van der Waals surface area contributed by atoms with Gasteiger partial charge >= 0.3 is 0 Å². The molecule has 2 aliphatic carbocycles. The lowest BCUT2D eigenvalue weighted by Crippen LogP contribution is -2.51. The number of hydrogen-bond acceptors (Lipinski definition) is 2. The zero-order chi connectivity index (χ0) is 12.6. The van der Waals surface area contributed by atoms with Crippen molar-refractivity contribution in [1.82, 2.24) is 5.32 Å². The second-order valence-electron chi connectivity index (χ2n) is 6.24. The van der Waals surface area contributed by atoms with E-state index < -0.39 is 0 Å². The van der Waals surface area contributed by atoms with E-state index in [1.54, 1.807) is 0 Å². The van der Waals surface area contributed by atoms with Crippen molar-refractivity contribution in [2.24, 2.45) is 0 Å². The summed E-state index contributed by atoms with van der Waals surface area (Å²) < 4.78 is 0. The topological polar surface area (TPSA) is 32.3 Å². The Morgan fingerprint density at radius 2 is 2.11 bits per heavy atom. The maximum absolute atomic E-state index is 10.0. The number of aliphatic hydroxyl groups is 1. The Morgan fingerprint density at radius 1 is 1.33 bits per heavy atom. The van der Waals surface area contributed by atoms with E-state index in [4.69, 9.17) is 0 Å². The van der Waals surface area contributed by atoms with Gasteiger partial charge in [0.15, 0.2) is 0 Å². The molecule has 1 aromatic rings. The predicted octanol–water partition coefficient (Wildman–Crippen LogP) is 2.75. The molecule has 2 aliphatic rings. The zero-order valence-electron chi connectivity index (χ0n) is 11.2. The minimum atomic E-state index is -0.381. The molecule has 0 spiro atoms. The lowest BCUT2D eigenvalue weighted by molar-refractivity contribution is -0.0354. The van der Waals surface area contributed by atoms with Crippen LogP contribution in [0.2, 0.25) is 0 Å². The summed E-state index contributed by atoms with van der Waals surface area (Å²) in [5, 5.41) is 13.6. The highest BCUT2D eigenvalue weighted by molar-refractivity contribution is 5.27. The minimum absolute atomic E-state index is 0.381. The molecule has 2 N–H and O–H groups in total. The van der Waals surface area contributed by atoms with Crippen LogP contribution in [-0.4, -0.2) is 23.3 Å². The van der Waals surface area contributed by atoms with Crippen molar-refractivity contribution in [3.8, 4) is 0 Å². The maximum Gasteiger partial charge on any atom is 0.0771 e. The molecule has 18 heavy (non-hydrogen) atoms. The first-order valence-corrected chi connectivity index (χ1v) is 7.17. The highest BCUT2D eigenvalue weighted by atomic mass is 16.3. The highest BCUT2D eigenvalue weighted by Gasteiger charge is 2.37. The van der Waals surface area contributed by atoms with Gasteiger partial charge in [0.1, 0.15) is 0 Å². The van der Waals surface area contributed by atoms with E-state index in [0.29, 0.717) is 6.04 Å². The normalized spacial score (nSPS) is 29.4. The lowest BCUT2D eigenvalue weighted by Gasteiger charge is -2.42. The van der Waals surface area contributed by atoms with Crippen LogP contribution in [0.4, 0.5) is 0 Å². The summed E-state index contributed by atoms with van der Waals surface area (Å²) >= 11 is 0. The monoisotopic (exact) mass is 245 g/mol. The highest BCUT2D eigenvalue weighted by Crippen LogP contribution is 2.38. The van der Waals surface area contributed by atoms with Crippen molar-refractivity contribution in [3.63, 3.8) is 0 Å². The van der Waals surface area contributed by atoms with Crippen LogP contribution in [0.5, 0.6) is 0 Å². The van der Waals surface area contributed by atoms with Crippen molar-refractivity contribution >= 4 is 0 Å². The summed E-state index contributed by atoms with van der Waals surface area (Å²) in [6.45, 7) is 2.95. The van der Waals surface area contributed by atoms with E-state index in [0.717, 1.165) is 25.3 Å². The molecule has 3 rings (SSSR count). The van der Waals surface area contributed by atoms with Crippen LogP contribution in [0.15, 0.2) is 24.3 Å². The molecule has 0 bridgehead atoms. The molecular weight excluding hydrogens is 222 g/mol. The minimum Gasteiger partial charge on any atom is -0.389 e. The fraction of sp³-hybridized carbons (Fsp3) is 0.625. The fourth-order valence-corrected chi connectivity index (χ4v) is 3.08. The average molecular weight is 245 g/mol. The van der Waals surface area contributed by atoms with Crippen molar-refractivity contribution < 1.29 is 5.11 Å². The van der Waals surface area contributed by atoms with Crippen LogP contribution >= 0.6 is 0 Å². The van der Waals surface area contributed by atoms with Crippen LogP contribution in [0.1, 0.15) is 49.1 Å². The van der Waals surface area contributed by atoms with Gasteiger partial charge in [-0.25, -0.2) is 0 Å². The summed E-state index contributed by atoms with van der Waals surface area (Å²) in [5.41, 5.74) is 2.46. The van der Waals surface area contributed by atoms with E-state index in [9.17, 15) is 5.11 Å². The summed E-state index contributed by atoms with van der Waals surface area (Å²) in [5.74, 6) is 0.721. The van der Waals surface area contributed by atoms with Crippen molar-refractivity contribution in [2.75, 3.05) is 6.54 Å². The molecule has 98 valence electrons. The van der Waals surface area contributed by atoms with Crippen LogP contribution in [0, 0.1) is 6.92 Å². The first-order chi connectivity index (χ1) is 8.65. The van der Waals surface area contributed by atoms with E-state index in [1.165, 1.54) is 30.4 Å². The molecule has 0 atom stereocenters. The van der Waals surface area contributed by atoms with Gasteiger partial charge in [-0.15, -0.1) is 0 Å². The zero-order valence-corrected chi connectivity index (χ0v) is 11.2. The molecule has 0 aliphatic heterocycles. The fourth-order valence-electron chi connectivity index (χ4n) is 3.08. The van der Waals surface area contributed by atoms with Crippen molar-refractivity contribution in [3.05, 3.63) is 35.4 Å². The Bertz CT molecular complexity index is 419. The molecule has 0 heterocycles. The summed E-state index contributed by atoms with van der Waals surface area (Å²) in [6.07, 6.45) is 5.59. The van der Waals surface area contributed by atoms with E-state index in [1.807, 2.05) is 0 Å². The average Bonchev–Trinajstić information content (AvgIpc) is 2.24. The molecule has 0 amide bonds. The van der Waals surface area contributed by atoms with Gasteiger partial charge in [0.05, 0.1) is 5.60 Å². The predicted molar refractivity (Wildman–Crippen MR) is 73.7 cm³/mol. The Kier molecular flexibility index (Phi) is 3.16. The quantitative estimate of drug-likeness (QED) is 0.855. The van der Waals surface area contributed by atoms with Crippen molar-refractivity contribution in [1.29, 1.82) is 0 Å². The van der Waals surface area contributed by atoms with Crippen LogP contribution in [0.3, 0.4) is 0 Å². The Morgan fingerprint density at radius 3 is 2.72 bits per heavy atom. The third-order valence-corrected chi connectivity index (χ3v) is 4.66.